The summed E-state index contributed by atoms with van der Waals surface area (Å²) < 4.78 is 41.1. The van der Waals surface area contributed by atoms with Gasteiger partial charge >= 0.3 is 0 Å². The Morgan fingerprint density at radius 1 is 1.15 bits per heavy atom. The molecule has 0 aliphatic carbocycles. The summed E-state index contributed by atoms with van der Waals surface area (Å²) in [6.45, 7) is 0. The molecule has 0 fully saturated rings. The molecule has 0 amide bonds. The van der Waals surface area contributed by atoms with Crippen LogP contribution in [0.25, 0.3) is 0 Å². The van der Waals surface area contributed by atoms with Gasteiger partial charge in [-0.2, -0.15) is 5.26 Å². The molecule has 0 atom stereocenters. The standard InChI is InChI=1S/C14H10FNO3S/c1-20(17,18)13-5-3-12(4-6-13)19-14-7-2-11(15)8-10(14)9-16/h2-8H,1H3. The molecule has 0 aliphatic heterocycles. The number of hydrogen-bond acceptors (Lipinski definition) is 4. The molecule has 2 aromatic carbocycles. The largest absolute Gasteiger partial charge is 0.456 e. The van der Waals surface area contributed by atoms with E-state index in [9.17, 15) is 12.8 Å². The SMILES string of the molecule is CS(=O)(=O)c1ccc(Oc2ccc(F)cc2C#N)cc1. The second-order valence-electron chi connectivity index (χ2n) is 4.10. The average molecular weight is 291 g/mol. The third kappa shape index (κ3) is 3.13. The van der Waals surface area contributed by atoms with E-state index in [-0.39, 0.29) is 16.2 Å². The van der Waals surface area contributed by atoms with Crippen molar-refractivity contribution in [3.63, 3.8) is 0 Å². The molecule has 0 bridgehead atoms. The molecule has 0 aromatic heterocycles. The van der Waals surface area contributed by atoms with E-state index in [0.29, 0.717) is 5.75 Å². The molecule has 0 heterocycles. The highest BCUT2D eigenvalue weighted by Crippen LogP contribution is 2.26. The molecule has 0 spiro atoms. The monoisotopic (exact) mass is 291 g/mol. The van der Waals surface area contributed by atoms with Gasteiger partial charge in [-0.15, -0.1) is 0 Å². The van der Waals surface area contributed by atoms with Crippen LogP contribution < -0.4 is 4.74 Å². The summed E-state index contributed by atoms with van der Waals surface area (Å²) in [6.07, 6.45) is 1.11. The second-order valence-corrected chi connectivity index (χ2v) is 6.11. The number of sulfone groups is 1. The van der Waals surface area contributed by atoms with Crippen molar-refractivity contribution >= 4 is 9.84 Å². The van der Waals surface area contributed by atoms with Gasteiger partial charge in [0.2, 0.25) is 0 Å². The van der Waals surface area contributed by atoms with Gasteiger partial charge in [0.05, 0.1) is 10.5 Å². The molecule has 4 nitrogen and oxygen atoms in total. The number of hydrogen-bond donors (Lipinski definition) is 0. The minimum atomic E-state index is -3.27. The number of nitrogens with zero attached hydrogens (tertiary/aromatic N) is 1. The van der Waals surface area contributed by atoms with Crippen LogP contribution >= 0.6 is 0 Å². The Hall–Kier alpha value is -2.39. The van der Waals surface area contributed by atoms with Crippen molar-refractivity contribution in [3.8, 4) is 17.6 Å². The lowest BCUT2D eigenvalue weighted by molar-refractivity contribution is 0.478. The Morgan fingerprint density at radius 2 is 1.80 bits per heavy atom. The van der Waals surface area contributed by atoms with E-state index in [1.807, 2.05) is 6.07 Å². The molecule has 0 saturated heterocycles. The smallest absolute Gasteiger partial charge is 0.175 e. The van der Waals surface area contributed by atoms with Crippen LogP contribution in [-0.2, 0) is 9.84 Å². The fourth-order valence-electron chi connectivity index (χ4n) is 1.56. The van der Waals surface area contributed by atoms with Gasteiger partial charge < -0.3 is 4.74 Å². The molecular formula is C14H10FNO3S. The lowest BCUT2D eigenvalue weighted by Gasteiger charge is -2.07. The first-order valence-corrected chi connectivity index (χ1v) is 7.47. The van der Waals surface area contributed by atoms with E-state index in [0.717, 1.165) is 12.3 Å². The van der Waals surface area contributed by atoms with E-state index >= 15 is 0 Å². The predicted octanol–water partition coefficient (Wildman–Crippen LogP) is 2.89. The number of ether oxygens (including phenoxy) is 1. The molecule has 0 unspecified atom stereocenters. The van der Waals surface area contributed by atoms with Crippen molar-refractivity contribution in [3.05, 3.63) is 53.8 Å². The molecule has 102 valence electrons. The van der Waals surface area contributed by atoms with Crippen LogP contribution in [-0.4, -0.2) is 14.7 Å². The van der Waals surface area contributed by atoms with Crippen LogP contribution in [0.4, 0.5) is 4.39 Å². The van der Waals surface area contributed by atoms with E-state index in [2.05, 4.69) is 0 Å². The minimum Gasteiger partial charge on any atom is -0.456 e. The summed E-state index contributed by atoms with van der Waals surface area (Å²) in [4.78, 5) is 0.171. The summed E-state index contributed by atoms with van der Waals surface area (Å²) in [6, 6.07) is 11.2. The first-order chi connectivity index (χ1) is 9.40. The number of benzene rings is 2. The highest BCUT2D eigenvalue weighted by atomic mass is 32.2. The first-order valence-electron chi connectivity index (χ1n) is 5.58. The van der Waals surface area contributed by atoms with Gasteiger partial charge in [0.15, 0.2) is 9.84 Å². The Labute approximate surface area is 116 Å². The van der Waals surface area contributed by atoms with Crippen LogP contribution in [0.2, 0.25) is 0 Å². The zero-order valence-electron chi connectivity index (χ0n) is 10.5. The Bertz CT molecular complexity index is 777. The molecule has 0 radical (unpaired) electrons. The number of halogens is 1. The molecule has 0 saturated carbocycles. The molecule has 0 N–H and O–H groups in total. The highest BCUT2D eigenvalue weighted by molar-refractivity contribution is 7.90. The predicted molar refractivity (Wildman–Crippen MR) is 70.7 cm³/mol. The van der Waals surface area contributed by atoms with Crippen LogP contribution in [0.3, 0.4) is 0 Å². The number of nitriles is 1. The van der Waals surface area contributed by atoms with Crippen molar-refractivity contribution in [2.24, 2.45) is 0 Å². The molecule has 0 aliphatic rings. The zero-order chi connectivity index (χ0) is 14.8. The lowest BCUT2D eigenvalue weighted by atomic mass is 10.2. The van der Waals surface area contributed by atoms with E-state index in [4.69, 9.17) is 10.00 Å². The Kier molecular flexibility index (Phi) is 3.72. The van der Waals surface area contributed by atoms with Crippen molar-refractivity contribution in [1.82, 2.24) is 0 Å². The quantitative estimate of drug-likeness (QED) is 0.872. The summed E-state index contributed by atoms with van der Waals surface area (Å²) in [7, 11) is -3.27. The Morgan fingerprint density at radius 3 is 2.35 bits per heavy atom. The second kappa shape index (κ2) is 5.31. The van der Waals surface area contributed by atoms with Crippen LogP contribution in [0.1, 0.15) is 5.56 Å². The van der Waals surface area contributed by atoms with Gasteiger partial charge in [-0.05, 0) is 42.5 Å². The summed E-state index contributed by atoms with van der Waals surface area (Å²) in [5.41, 5.74) is 0.0668. The maximum Gasteiger partial charge on any atom is 0.175 e. The van der Waals surface area contributed by atoms with E-state index < -0.39 is 15.7 Å². The van der Waals surface area contributed by atoms with Crippen molar-refractivity contribution in [2.75, 3.05) is 6.26 Å². The van der Waals surface area contributed by atoms with Gasteiger partial charge in [0.25, 0.3) is 0 Å². The summed E-state index contributed by atoms with van der Waals surface area (Å²) in [5.74, 6) is 0.0443. The fourth-order valence-corrected chi connectivity index (χ4v) is 2.19. The van der Waals surface area contributed by atoms with Crippen LogP contribution in [0.15, 0.2) is 47.4 Å². The minimum absolute atomic E-state index is 0.0668. The number of rotatable bonds is 3. The maximum atomic E-state index is 13.0. The van der Waals surface area contributed by atoms with Crippen molar-refractivity contribution in [2.45, 2.75) is 4.90 Å². The lowest BCUT2D eigenvalue weighted by Crippen LogP contribution is -1.96. The van der Waals surface area contributed by atoms with Gasteiger partial charge in [0.1, 0.15) is 23.4 Å². The van der Waals surface area contributed by atoms with Crippen molar-refractivity contribution in [1.29, 1.82) is 5.26 Å². The first kappa shape index (κ1) is 14.0. The zero-order valence-corrected chi connectivity index (χ0v) is 11.3. The van der Waals surface area contributed by atoms with Crippen molar-refractivity contribution < 1.29 is 17.5 Å². The molecule has 6 heteroatoms. The summed E-state index contributed by atoms with van der Waals surface area (Å²) in [5, 5.41) is 8.90. The average Bonchev–Trinajstić information content (AvgIpc) is 2.40. The fraction of sp³-hybridized carbons (Fsp3) is 0.0714. The molecular weight excluding hydrogens is 281 g/mol. The van der Waals surface area contributed by atoms with Gasteiger partial charge in [0, 0.05) is 6.26 Å². The van der Waals surface area contributed by atoms with Gasteiger partial charge in [-0.3, -0.25) is 0 Å². The molecule has 2 aromatic rings. The van der Waals surface area contributed by atoms with E-state index in [1.54, 1.807) is 0 Å². The summed E-state index contributed by atoms with van der Waals surface area (Å²) >= 11 is 0. The molecule has 2 rings (SSSR count). The van der Waals surface area contributed by atoms with Gasteiger partial charge in [-0.1, -0.05) is 0 Å². The molecule has 20 heavy (non-hydrogen) atoms. The van der Waals surface area contributed by atoms with E-state index in [1.165, 1.54) is 36.4 Å². The topological polar surface area (TPSA) is 67.2 Å². The van der Waals surface area contributed by atoms with Crippen LogP contribution in [0, 0.1) is 17.1 Å². The Balaban J connectivity index is 2.30. The third-order valence-corrected chi connectivity index (χ3v) is 3.67. The maximum absolute atomic E-state index is 13.0. The highest BCUT2D eigenvalue weighted by Gasteiger charge is 2.09. The normalized spacial score (nSPS) is 10.8. The van der Waals surface area contributed by atoms with Crippen LogP contribution in [0.5, 0.6) is 11.5 Å². The third-order valence-electron chi connectivity index (χ3n) is 2.54. The van der Waals surface area contributed by atoms with Gasteiger partial charge in [-0.25, -0.2) is 12.8 Å².